The van der Waals surface area contributed by atoms with Crippen LogP contribution in [0.3, 0.4) is 0 Å². The molecule has 0 spiro atoms. The maximum Gasteiger partial charge on any atom is 0.261 e. The maximum atomic E-state index is 12.9. The number of para-hydroxylation sites is 1. The molecule has 0 unspecified atom stereocenters. The summed E-state index contributed by atoms with van der Waals surface area (Å²) in [4.78, 5) is 26.4. The van der Waals surface area contributed by atoms with E-state index < -0.39 is 0 Å². The molecule has 162 valence electrons. The van der Waals surface area contributed by atoms with E-state index in [0.717, 1.165) is 36.1 Å². The fraction of sp³-hybridized carbons (Fsp3) is 0.250. The number of imidazole rings is 1. The highest BCUT2D eigenvalue weighted by atomic mass is 16.5. The number of H-pyrrole nitrogens is 1. The van der Waals surface area contributed by atoms with E-state index in [1.165, 1.54) is 0 Å². The van der Waals surface area contributed by atoms with Crippen LogP contribution in [0.4, 0.5) is 0 Å². The highest BCUT2D eigenvalue weighted by Gasteiger charge is 2.32. The number of aromatic amines is 1. The molecule has 0 saturated carbocycles. The molecule has 0 radical (unpaired) electrons. The number of hydrogen-bond donors (Lipinski definition) is 1. The number of likely N-dealkylation sites (tertiary alicyclic amines) is 1. The molecule has 32 heavy (non-hydrogen) atoms. The highest BCUT2D eigenvalue weighted by molar-refractivity contribution is 5.78. The van der Waals surface area contributed by atoms with Gasteiger partial charge in [-0.2, -0.15) is 4.98 Å². The van der Waals surface area contributed by atoms with Crippen molar-refractivity contribution in [3.8, 4) is 28.4 Å². The molecule has 1 aliphatic rings. The molecule has 1 aliphatic heterocycles. The molecule has 8 heteroatoms. The van der Waals surface area contributed by atoms with Gasteiger partial charge in [0.2, 0.25) is 11.7 Å². The molecule has 4 aromatic rings. The molecular weight excluding hydrogens is 406 g/mol. The smallest absolute Gasteiger partial charge is 0.261 e. The first-order valence-corrected chi connectivity index (χ1v) is 10.7. The molecule has 1 fully saturated rings. The molecule has 1 amide bonds. The number of benzene rings is 2. The van der Waals surface area contributed by atoms with E-state index in [1.54, 1.807) is 17.4 Å². The number of nitrogens with one attached hydrogen (secondary N) is 1. The van der Waals surface area contributed by atoms with Gasteiger partial charge in [0.15, 0.2) is 6.61 Å². The Morgan fingerprint density at radius 3 is 2.69 bits per heavy atom. The van der Waals surface area contributed by atoms with Gasteiger partial charge >= 0.3 is 0 Å². The number of amides is 1. The predicted octanol–water partition coefficient (Wildman–Crippen LogP) is 4.26. The van der Waals surface area contributed by atoms with Gasteiger partial charge in [0, 0.05) is 12.1 Å². The van der Waals surface area contributed by atoms with Gasteiger partial charge in [0.05, 0.1) is 18.2 Å². The van der Waals surface area contributed by atoms with Gasteiger partial charge in [-0.3, -0.25) is 4.79 Å². The summed E-state index contributed by atoms with van der Waals surface area (Å²) in [6.45, 7) is 0.634. The van der Waals surface area contributed by atoms with Crippen LogP contribution in [-0.4, -0.2) is 44.1 Å². The predicted molar refractivity (Wildman–Crippen MR) is 118 cm³/mol. The summed E-state index contributed by atoms with van der Waals surface area (Å²) in [5.41, 5.74) is 2.82. The normalized spacial score (nSPS) is 16.1. The molecule has 0 bridgehead atoms. The number of aromatic nitrogens is 4. The molecule has 8 nitrogen and oxygen atoms in total. The Hall–Kier alpha value is -3.94. The Kier molecular flexibility index (Phi) is 5.65. The van der Waals surface area contributed by atoms with Crippen LogP contribution in [0.2, 0.25) is 0 Å². The van der Waals surface area contributed by atoms with Crippen molar-refractivity contribution in [1.29, 1.82) is 0 Å². The van der Waals surface area contributed by atoms with Crippen LogP contribution >= 0.6 is 0 Å². The molecule has 1 N–H and O–H groups in total. The Morgan fingerprint density at radius 1 is 1.09 bits per heavy atom. The van der Waals surface area contributed by atoms with Gasteiger partial charge in [-0.15, -0.1) is 0 Å². The van der Waals surface area contributed by atoms with Gasteiger partial charge in [-0.05, 0) is 37.0 Å². The number of carbonyl (C=O) groups excluding carboxylic acids is 1. The van der Waals surface area contributed by atoms with Crippen LogP contribution < -0.4 is 4.74 Å². The van der Waals surface area contributed by atoms with Crippen molar-refractivity contribution in [1.82, 2.24) is 25.0 Å². The molecule has 1 saturated heterocycles. The van der Waals surface area contributed by atoms with Crippen molar-refractivity contribution in [2.45, 2.75) is 25.3 Å². The van der Waals surface area contributed by atoms with Crippen molar-refractivity contribution >= 4 is 5.91 Å². The van der Waals surface area contributed by atoms with Crippen molar-refractivity contribution in [3.05, 3.63) is 73.0 Å². The van der Waals surface area contributed by atoms with E-state index in [9.17, 15) is 4.79 Å². The third kappa shape index (κ3) is 4.25. The van der Waals surface area contributed by atoms with E-state index in [0.29, 0.717) is 24.0 Å². The quantitative estimate of drug-likeness (QED) is 0.492. The Bertz CT molecular complexity index is 1160. The Morgan fingerprint density at radius 2 is 1.91 bits per heavy atom. The topological polar surface area (TPSA) is 97.1 Å². The summed E-state index contributed by atoms with van der Waals surface area (Å²) in [7, 11) is 0. The Labute approximate surface area is 185 Å². The first kappa shape index (κ1) is 20.0. The third-order valence-electron chi connectivity index (χ3n) is 5.61. The summed E-state index contributed by atoms with van der Waals surface area (Å²) in [6, 6.07) is 17.0. The third-order valence-corrected chi connectivity index (χ3v) is 5.61. The molecule has 5 rings (SSSR count). The average Bonchev–Trinajstić information content (AvgIpc) is 3.56. The van der Waals surface area contributed by atoms with Crippen molar-refractivity contribution < 1.29 is 14.1 Å². The minimum Gasteiger partial charge on any atom is -0.484 e. The largest absolute Gasteiger partial charge is 0.484 e. The van der Waals surface area contributed by atoms with Gasteiger partial charge in [0.1, 0.15) is 11.8 Å². The average molecular weight is 429 g/mol. The zero-order valence-electron chi connectivity index (χ0n) is 17.5. The molecule has 3 heterocycles. The number of ether oxygens (including phenoxy) is 1. The molecule has 2 aromatic heterocycles. The van der Waals surface area contributed by atoms with Crippen LogP contribution in [-0.2, 0) is 4.79 Å². The number of carbonyl (C=O) groups is 1. The maximum absolute atomic E-state index is 12.9. The zero-order chi connectivity index (χ0) is 21.8. The van der Waals surface area contributed by atoms with E-state index in [1.807, 2.05) is 54.6 Å². The lowest BCUT2D eigenvalue weighted by molar-refractivity contribution is -0.138. The van der Waals surface area contributed by atoms with E-state index >= 15 is 0 Å². The van der Waals surface area contributed by atoms with Crippen LogP contribution in [0.15, 0.2) is 71.6 Å². The molecule has 0 aliphatic carbocycles. The zero-order valence-corrected chi connectivity index (χ0v) is 17.5. The second-order valence-corrected chi connectivity index (χ2v) is 7.70. The van der Waals surface area contributed by atoms with Crippen molar-refractivity contribution in [3.63, 3.8) is 0 Å². The monoisotopic (exact) mass is 429 g/mol. The lowest BCUT2D eigenvalue weighted by Gasteiger charge is -2.33. The molecule has 2 aromatic carbocycles. The van der Waals surface area contributed by atoms with Crippen LogP contribution in [0.25, 0.3) is 22.6 Å². The number of piperidine rings is 1. The fourth-order valence-corrected chi connectivity index (χ4v) is 3.93. The van der Waals surface area contributed by atoms with Crippen molar-refractivity contribution in [2.75, 3.05) is 13.2 Å². The highest BCUT2D eigenvalue weighted by Crippen LogP contribution is 2.31. The molecular formula is C24H23N5O3. The van der Waals surface area contributed by atoms with Crippen molar-refractivity contribution in [2.24, 2.45) is 0 Å². The first-order chi connectivity index (χ1) is 15.8. The van der Waals surface area contributed by atoms with Crippen LogP contribution in [0, 0.1) is 0 Å². The van der Waals surface area contributed by atoms with Gasteiger partial charge in [-0.1, -0.05) is 47.6 Å². The Balaban J connectivity index is 1.29. The summed E-state index contributed by atoms with van der Waals surface area (Å²) in [6.07, 6.45) is 6.17. The number of rotatable bonds is 6. The minimum atomic E-state index is -0.235. The summed E-state index contributed by atoms with van der Waals surface area (Å²) >= 11 is 0. The molecule has 1 atom stereocenters. The lowest BCUT2D eigenvalue weighted by atomic mass is 10.0. The number of hydrogen-bond acceptors (Lipinski definition) is 6. The number of nitrogens with zero attached hydrogens (tertiary/aromatic N) is 4. The van der Waals surface area contributed by atoms with E-state index in [2.05, 4.69) is 20.1 Å². The van der Waals surface area contributed by atoms with Crippen LogP contribution in [0.1, 0.15) is 31.2 Å². The summed E-state index contributed by atoms with van der Waals surface area (Å²) in [5.74, 6) is 1.57. The summed E-state index contributed by atoms with van der Waals surface area (Å²) < 4.78 is 11.2. The minimum absolute atomic E-state index is 0.0173. The van der Waals surface area contributed by atoms with Crippen LogP contribution in [0.5, 0.6) is 5.75 Å². The van der Waals surface area contributed by atoms with E-state index in [-0.39, 0.29) is 18.6 Å². The first-order valence-electron chi connectivity index (χ1n) is 10.7. The fourth-order valence-electron chi connectivity index (χ4n) is 3.93. The van der Waals surface area contributed by atoms with E-state index in [4.69, 9.17) is 9.26 Å². The second kappa shape index (κ2) is 9.05. The van der Waals surface area contributed by atoms with Gasteiger partial charge in [0.25, 0.3) is 5.91 Å². The summed E-state index contributed by atoms with van der Waals surface area (Å²) in [5, 5.41) is 4.17. The lowest BCUT2D eigenvalue weighted by Crippen LogP contribution is -2.41. The van der Waals surface area contributed by atoms with Gasteiger partial charge in [-0.25, -0.2) is 4.98 Å². The standard InChI is InChI=1S/C24H23N5O3/c30-22(15-31-19-6-2-1-3-7-19)29-13-5-4-8-21(29)24-27-23(28-32-24)18-11-9-17(10-12-18)20-14-25-16-26-20/h1-3,6-7,9-12,14,16,21H,4-5,8,13,15H2,(H,25,26)/t21-/m1/s1. The second-order valence-electron chi connectivity index (χ2n) is 7.70. The SMILES string of the molecule is O=C(COc1ccccc1)N1CCCC[C@@H]1c1nc(-c2ccc(-c3cnc[nH]3)cc2)no1. The van der Waals surface area contributed by atoms with Gasteiger partial charge < -0.3 is 19.1 Å².